The maximum Gasteiger partial charge on any atom is 0.321 e. The highest BCUT2D eigenvalue weighted by atomic mass is 35.5. The van der Waals surface area contributed by atoms with Crippen LogP contribution in [0.3, 0.4) is 0 Å². The molecule has 1 heterocycles. The molecule has 0 saturated carbocycles. The molecular weight excluding hydrogens is 273 g/mol. The monoisotopic (exact) mass is 287 g/mol. The summed E-state index contributed by atoms with van der Waals surface area (Å²) in [5.41, 5.74) is 0.607. The van der Waals surface area contributed by atoms with Crippen molar-refractivity contribution in [3.05, 3.63) is 28.2 Å². The summed E-state index contributed by atoms with van der Waals surface area (Å²) in [6, 6.07) is 5.06. The van der Waals surface area contributed by atoms with Crippen LogP contribution in [0.5, 0.6) is 0 Å². The Kier molecular flexibility index (Phi) is 4.32. The van der Waals surface area contributed by atoms with Crippen LogP contribution >= 0.6 is 23.2 Å². The highest BCUT2D eigenvalue weighted by Crippen LogP contribution is 2.22. The maximum atomic E-state index is 12.0. The normalized spacial score (nSPS) is 18.7. The lowest BCUT2D eigenvalue weighted by atomic mass is 10.2. The molecule has 4 nitrogen and oxygen atoms in total. The Morgan fingerprint density at radius 1 is 1.39 bits per heavy atom. The van der Waals surface area contributed by atoms with Crippen LogP contribution in [-0.2, 0) is 0 Å². The predicted octanol–water partition coefficient (Wildman–Crippen LogP) is 2.82. The number of amides is 2. The Morgan fingerprint density at radius 2 is 2.06 bits per heavy atom. The van der Waals surface area contributed by atoms with Gasteiger partial charge in [-0.2, -0.15) is 0 Å². The smallest absolute Gasteiger partial charge is 0.321 e. The number of rotatable bonds is 2. The van der Waals surface area contributed by atoms with Crippen LogP contribution in [0.15, 0.2) is 18.2 Å². The Bertz CT molecular complexity index is 427. The zero-order valence-corrected chi connectivity index (χ0v) is 11.6. The molecule has 1 saturated heterocycles. The van der Waals surface area contributed by atoms with E-state index in [2.05, 4.69) is 10.6 Å². The SMILES string of the molecule is CN(C(=O)Nc1cc(Cl)cc(Cl)c1)C1CCNC1. The number of nitrogens with zero attached hydrogens (tertiary/aromatic N) is 1. The largest absolute Gasteiger partial charge is 0.323 e. The second kappa shape index (κ2) is 5.78. The van der Waals surface area contributed by atoms with E-state index < -0.39 is 0 Å². The first kappa shape index (κ1) is 13.5. The molecule has 1 aliphatic heterocycles. The topological polar surface area (TPSA) is 44.4 Å². The van der Waals surface area contributed by atoms with Crippen LogP contribution in [0, 0.1) is 0 Å². The fourth-order valence-corrected chi connectivity index (χ4v) is 2.50. The first-order valence-electron chi connectivity index (χ1n) is 5.77. The molecule has 2 rings (SSSR count). The van der Waals surface area contributed by atoms with Crippen molar-refractivity contribution >= 4 is 34.9 Å². The molecule has 1 fully saturated rings. The lowest BCUT2D eigenvalue weighted by Gasteiger charge is -2.24. The Balaban J connectivity index is 2.01. The summed E-state index contributed by atoms with van der Waals surface area (Å²) in [4.78, 5) is 13.7. The molecule has 1 aliphatic rings. The van der Waals surface area contributed by atoms with Gasteiger partial charge in [0.05, 0.1) is 0 Å². The molecule has 1 atom stereocenters. The van der Waals surface area contributed by atoms with Crippen molar-refractivity contribution in [3.63, 3.8) is 0 Å². The standard InChI is InChI=1S/C12H15Cl2N3O/c1-17(11-2-3-15-7-11)12(18)16-10-5-8(13)4-9(14)6-10/h4-6,11,15H,2-3,7H2,1H3,(H,16,18). The van der Waals surface area contributed by atoms with Crippen molar-refractivity contribution in [2.45, 2.75) is 12.5 Å². The molecular formula is C12H15Cl2N3O. The summed E-state index contributed by atoms with van der Waals surface area (Å²) in [5, 5.41) is 7.02. The molecule has 0 aromatic heterocycles. The number of urea groups is 1. The molecule has 1 aromatic carbocycles. The van der Waals surface area contributed by atoms with Crippen LogP contribution in [0.25, 0.3) is 0 Å². The third-order valence-corrected chi connectivity index (χ3v) is 3.45. The van der Waals surface area contributed by atoms with Gasteiger partial charge >= 0.3 is 6.03 Å². The van der Waals surface area contributed by atoms with Crippen molar-refractivity contribution in [1.82, 2.24) is 10.2 Å². The minimum Gasteiger partial charge on any atom is -0.323 e. The van der Waals surface area contributed by atoms with Crippen molar-refractivity contribution in [3.8, 4) is 0 Å². The van der Waals surface area contributed by atoms with Gasteiger partial charge in [0.15, 0.2) is 0 Å². The lowest BCUT2D eigenvalue weighted by Crippen LogP contribution is -2.40. The highest BCUT2D eigenvalue weighted by molar-refractivity contribution is 6.35. The average Bonchev–Trinajstić information content (AvgIpc) is 2.79. The van der Waals surface area contributed by atoms with E-state index in [1.165, 1.54) is 0 Å². The Morgan fingerprint density at radius 3 is 2.61 bits per heavy atom. The molecule has 0 aliphatic carbocycles. The molecule has 18 heavy (non-hydrogen) atoms. The van der Waals surface area contributed by atoms with Gasteiger partial charge in [-0.1, -0.05) is 23.2 Å². The zero-order valence-electron chi connectivity index (χ0n) is 10.0. The number of hydrogen-bond donors (Lipinski definition) is 2. The van der Waals surface area contributed by atoms with Crippen molar-refractivity contribution < 1.29 is 4.79 Å². The van der Waals surface area contributed by atoms with Crippen LogP contribution in [-0.4, -0.2) is 37.1 Å². The summed E-state index contributed by atoms with van der Waals surface area (Å²) in [6.07, 6.45) is 0.972. The summed E-state index contributed by atoms with van der Waals surface area (Å²) >= 11 is 11.8. The quantitative estimate of drug-likeness (QED) is 0.879. The summed E-state index contributed by atoms with van der Waals surface area (Å²) in [7, 11) is 1.79. The number of nitrogens with one attached hydrogen (secondary N) is 2. The van der Waals surface area contributed by atoms with Gasteiger partial charge in [-0.3, -0.25) is 0 Å². The number of halogens is 2. The minimum atomic E-state index is -0.151. The van der Waals surface area contributed by atoms with Crippen molar-refractivity contribution in [2.75, 3.05) is 25.5 Å². The number of carbonyl (C=O) groups excluding carboxylic acids is 1. The Hall–Kier alpha value is -0.970. The lowest BCUT2D eigenvalue weighted by molar-refractivity contribution is 0.208. The number of benzene rings is 1. The second-order valence-corrected chi connectivity index (χ2v) is 5.22. The molecule has 0 spiro atoms. The fourth-order valence-electron chi connectivity index (χ4n) is 1.97. The Labute approximate surface area is 116 Å². The van der Waals surface area contributed by atoms with E-state index in [0.717, 1.165) is 19.5 Å². The third kappa shape index (κ3) is 3.28. The minimum absolute atomic E-state index is 0.151. The predicted molar refractivity (Wildman–Crippen MR) is 74.5 cm³/mol. The molecule has 0 radical (unpaired) electrons. The van der Waals surface area contributed by atoms with Gasteiger partial charge in [0, 0.05) is 35.4 Å². The van der Waals surface area contributed by atoms with Crippen LogP contribution < -0.4 is 10.6 Å². The fraction of sp³-hybridized carbons (Fsp3) is 0.417. The number of anilines is 1. The summed E-state index contributed by atoms with van der Waals surface area (Å²) in [5.74, 6) is 0. The third-order valence-electron chi connectivity index (χ3n) is 3.02. The van der Waals surface area contributed by atoms with E-state index in [1.54, 1.807) is 30.1 Å². The van der Waals surface area contributed by atoms with Gasteiger partial charge in [-0.05, 0) is 31.2 Å². The zero-order chi connectivity index (χ0) is 13.1. The van der Waals surface area contributed by atoms with Gasteiger partial charge < -0.3 is 15.5 Å². The average molecular weight is 288 g/mol. The first-order chi connectivity index (χ1) is 8.56. The van der Waals surface area contributed by atoms with E-state index in [4.69, 9.17) is 23.2 Å². The van der Waals surface area contributed by atoms with Crippen molar-refractivity contribution in [1.29, 1.82) is 0 Å². The molecule has 1 aromatic rings. The molecule has 0 bridgehead atoms. The van der Waals surface area contributed by atoms with Gasteiger partial charge in [-0.25, -0.2) is 4.79 Å². The highest BCUT2D eigenvalue weighted by Gasteiger charge is 2.23. The van der Waals surface area contributed by atoms with E-state index in [0.29, 0.717) is 15.7 Å². The van der Waals surface area contributed by atoms with E-state index in [9.17, 15) is 4.79 Å². The first-order valence-corrected chi connectivity index (χ1v) is 6.52. The van der Waals surface area contributed by atoms with E-state index in [1.807, 2.05) is 0 Å². The van der Waals surface area contributed by atoms with Crippen molar-refractivity contribution in [2.24, 2.45) is 0 Å². The maximum absolute atomic E-state index is 12.0. The number of hydrogen-bond acceptors (Lipinski definition) is 2. The van der Waals surface area contributed by atoms with Gasteiger partial charge in [-0.15, -0.1) is 0 Å². The molecule has 2 amide bonds. The van der Waals surface area contributed by atoms with E-state index >= 15 is 0 Å². The van der Waals surface area contributed by atoms with Gasteiger partial charge in [0.25, 0.3) is 0 Å². The molecule has 1 unspecified atom stereocenters. The van der Waals surface area contributed by atoms with E-state index in [-0.39, 0.29) is 12.1 Å². The van der Waals surface area contributed by atoms with Gasteiger partial charge in [0.1, 0.15) is 0 Å². The second-order valence-electron chi connectivity index (χ2n) is 4.35. The molecule has 6 heteroatoms. The summed E-state index contributed by atoms with van der Waals surface area (Å²) in [6.45, 7) is 1.78. The van der Waals surface area contributed by atoms with Crippen LogP contribution in [0.2, 0.25) is 10.0 Å². The van der Waals surface area contributed by atoms with Crippen LogP contribution in [0.4, 0.5) is 10.5 Å². The summed E-state index contributed by atoms with van der Waals surface area (Å²) < 4.78 is 0. The molecule has 98 valence electrons. The number of carbonyl (C=O) groups is 1. The number of likely N-dealkylation sites (N-methyl/N-ethyl adjacent to an activating group) is 1. The van der Waals surface area contributed by atoms with Crippen LogP contribution in [0.1, 0.15) is 6.42 Å². The van der Waals surface area contributed by atoms with Gasteiger partial charge in [0.2, 0.25) is 0 Å². The molecule has 2 N–H and O–H groups in total.